The van der Waals surface area contributed by atoms with Crippen molar-refractivity contribution in [2.24, 2.45) is 0 Å². The minimum atomic E-state index is -4.99. The number of allylic oxidation sites excluding steroid dienone is 3. The number of nitrogens with one attached hydrogen (secondary N) is 4. The van der Waals surface area contributed by atoms with Crippen molar-refractivity contribution in [1.82, 2.24) is 21.5 Å². The summed E-state index contributed by atoms with van der Waals surface area (Å²) in [7, 11) is 0. The molecule has 1 aliphatic heterocycles. The third-order valence-corrected chi connectivity index (χ3v) is 7.48. The van der Waals surface area contributed by atoms with Crippen LogP contribution in [0, 0.1) is 0 Å². The maximum absolute atomic E-state index is 13.4. The molecule has 256 valence electrons. The van der Waals surface area contributed by atoms with Gasteiger partial charge in [0.25, 0.3) is 5.91 Å². The van der Waals surface area contributed by atoms with E-state index in [-0.39, 0.29) is 38.0 Å². The summed E-state index contributed by atoms with van der Waals surface area (Å²) in [6, 6.07) is 9.55. The summed E-state index contributed by atoms with van der Waals surface area (Å²) in [5, 5.41) is 6.03. The van der Waals surface area contributed by atoms with E-state index < -0.39 is 53.1 Å². The number of ether oxygens (including phenoxy) is 2. The summed E-state index contributed by atoms with van der Waals surface area (Å²) in [6.07, 6.45) is -3.33. The van der Waals surface area contributed by atoms with Crippen LogP contribution in [-0.2, 0) is 33.2 Å². The fourth-order valence-electron chi connectivity index (χ4n) is 4.78. The van der Waals surface area contributed by atoms with Gasteiger partial charge in [-0.3, -0.25) is 10.2 Å². The number of hydrogen-bond donors (Lipinski definition) is 4. The second-order valence-electron chi connectivity index (χ2n) is 11.0. The smallest absolute Gasteiger partial charge is 0.372 e. The third-order valence-electron chi connectivity index (χ3n) is 7.48. The molecule has 1 fully saturated rings. The van der Waals surface area contributed by atoms with E-state index in [1.54, 1.807) is 24.3 Å². The van der Waals surface area contributed by atoms with Crippen molar-refractivity contribution in [2.75, 3.05) is 19.8 Å². The van der Waals surface area contributed by atoms with Gasteiger partial charge < -0.3 is 20.1 Å². The van der Waals surface area contributed by atoms with E-state index in [0.717, 1.165) is 5.56 Å². The molecule has 2 aromatic rings. The van der Waals surface area contributed by atoms with Gasteiger partial charge >= 0.3 is 18.4 Å². The number of rotatable bonds is 12. The monoisotopic (exact) mass is 668 g/mol. The van der Waals surface area contributed by atoms with Crippen molar-refractivity contribution < 1.29 is 45.4 Å². The lowest BCUT2D eigenvalue weighted by Gasteiger charge is -2.42. The van der Waals surface area contributed by atoms with Crippen LogP contribution in [0.15, 0.2) is 85.0 Å². The van der Waals surface area contributed by atoms with Crippen LogP contribution in [0.25, 0.3) is 0 Å². The van der Waals surface area contributed by atoms with Crippen molar-refractivity contribution in [1.29, 1.82) is 0 Å². The molecular weight excluding hydrogens is 630 g/mol. The Balaban J connectivity index is 1.60. The van der Waals surface area contributed by atoms with Crippen LogP contribution in [0.4, 0.5) is 31.1 Å². The van der Waals surface area contributed by atoms with Crippen molar-refractivity contribution in [3.63, 3.8) is 0 Å². The van der Waals surface area contributed by atoms with Gasteiger partial charge in [-0.05, 0) is 61.6 Å². The van der Waals surface area contributed by atoms with E-state index in [1.807, 2.05) is 37.3 Å². The molecule has 0 unspecified atom stereocenters. The number of carbonyl (C=O) groups is 2. The molecule has 47 heavy (non-hydrogen) atoms. The van der Waals surface area contributed by atoms with Crippen LogP contribution in [-0.4, -0.2) is 43.3 Å². The number of benzene rings is 2. The number of alkyl halides is 6. The zero-order valence-electron chi connectivity index (χ0n) is 25.9. The Morgan fingerprint density at radius 3 is 2.28 bits per heavy atom. The Hall–Kier alpha value is -4.14. The number of hydrazine groups is 1. The Morgan fingerprint density at radius 1 is 1.04 bits per heavy atom. The van der Waals surface area contributed by atoms with Crippen molar-refractivity contribution in [2.45, 2.75) is 63.3 Å². The van der Waals surface area contributed by atoms with E-state index in [0.29, 0.717) is 30.5 Å². The van der Waals surface area contributed by atoms with Gasteiger partial charge in [0.2, 0.25) is 0 Å². The third kappa shape index (κ3) is 11.6. The first-order valence-electron chi connectivity index (χ1n) is 14.7. The van der Waals surface area contributed by atoms with Gasteiger partial charge in [-0.1, -0.05) is 61.2 Å². The van der Waals surface area contributed by atoms with Crippen LogP contribution in [0.3, 0.4) is 0 Å². The van der Waals surface area contributed by atoms with Crippen molar-refractivity contribution in [3.05, 3.63) is 107 Å². The lowest BCUT2D eigenvalue weighted by molar-refractivity contribution is -0.143. The van der Waals surface area contributed by atoms with Gasteiger partial charge in [0.15, 0.2) is 0 Å². The second kappa shape index (κ2) is 16.6. The fraction of sp³-hybridized carbons (Fsp3) is 0.394. The van der Waals surface area contributed by atoms with Crippen LogP contribution in [0.1, 0.15) is 55.0 Å². The van der Waals surface area contributed by atoms with Crippen molar-refractivity contribution >= 4 is 11.9 Å². The topological polar surface area (TPSA) is 101 Å². The summed E-state index contributed by atoms with van der Waals surface area (Å²) in [6.45, 7) is 7.35. The highest BCUT2D eigenvalue weighted by Gasteiger charge is 2.40. The van der Waals surface area contributed by atoms with Gasteiger partial charge in [-0.25, -0.2) is 10.2 Å². The molecular formula is C33H38F6N4O4. The second-order valence-corrected chi connectivity index (χ2v) is 11.0. The number of hydrogen-bond acceptors (Lipinski definition) is 5. The molecule has 1 heterocycles. The maximum Gasteiger partial charge on any atom is 0.416 e. The van der Waals surface area contributed by atoms with E-state index in [4.69, 9.17) is 9.47 Å². The van der Waals surface area contributed by atoms with Gasteiger partial charge in [0, 0.05) is 12.6 Å². The minimum Gasteiger partial charge on any atom is -0.372 e. The molecule has 3 rings (SSSR count). The highest BCUT2D eigenvalue weighted by molar-refractivity contribution is 5.81. The Labute approximate surface area is 269 Å². The molecule has 4 N–H and O–H groups in total. The van der Waals surface area contributed by atoms with Gasteiger partial charge in [-0.2, -0.15) is 26.3 Å². The molecule has 0 spiro atoms. The molecule has 0 saturated carbocycles. The summed E-state index contributed by atoms with van der Waals surface area (Å²) in [4.78, 5) is 24.4. The molecule has 0 aliphatic carbocycles. The van der Waals surface area contributed by atoms with Gasteiger partial charge in [0.1, 0.15) is 6.61 Å². The molecule has 0 radical (unpaired) electrons. The molecule has 8 nitrogen and oxygen atoms in total. The molecule has 14 heteroatoms. The summed E-state index contributed by atoms with van der Waals surface area (Å²) in [5.41, 5.74) is 1.90. The van der Waals surface area contributed by atoms with E-state index in [2.05, 4.69) is 28.1 Å². The first-order chi connectivity index (χ1) is 22.1. The van der Waals surface area contributed by atoms with E-state index >= 15 is 0 Å². The number of amides is 3. The zero-order chi connectivity index (χ0) is 34.7. The number of piperidine rings is 1. The van der Waals surface area contributed by atoms with E-state index in [9.17, 15) is 35.9 Å². The molecule has 0 aromatic heterocycles. The summed E-state index contributed by atoms with van der Waals surface area (Å²) in [5.74, 6) is -0.560. The molecule has 2 aromatic carbocycles. The SMILES string of the molecule is C=C(/C=C\C=C/C)[C@]1(CO[C@H](C)c2cc(C(F)(F)F)cc(C(F)(F)F)c2)CC[C@H](NC(=O)NNC(=O)COCc2ccccc2)CN1. The first-order valence-corrected chi connectivity index (χ1v) is 14.7. The summed E-state index contributed by atoms with van der Waals surface area (Å²) < 4.78 is 91.7. The average molecular weight is 669 g/mol. The molecule has 3 amide bonds. The predicted molar refractivity (Wildman–Crippen MR) is 164 cm³/mol. The predicted octanol–water partition coefficient (Wildman–Crippen LogP) is 6.53. The first kappa shape index (κ1) is 37.3. The van der Waals surface area contributed by atoms with Crippen LogP contribution < -0.4 is 21.5 Å². The summed E-state index contributed by atoms with van der Waals surface area (Å²) >= 11 is 0. The quantitative estimate of drug-likeness (QED) is 0.117. The average Bonchev–Trinajstić information content (AvgIpc) is 3.03. The molecule has 3 atom stereocenters. The Bertz CT molecular complexity index is 1390. The minimum absolute atomic E-state index is 0.0723. The number of halogens is 6. The standard InChI is InChI=1S/C33H38F6N4O4/c1-4-5-7-10-22(2)31(21-47-23(3)25-15-26(32(34,35)36)17-27(16-25)33(37,38)39)14-13-28(18-40-31)41-30(45)43-42-29(44)20-46-19-24-11-8-6-9-12-24/h4-12,15-17,23,28,40H,2,13-14,18-21H2,1,3H3,(H,42,44)(H2,41,43,45)/b5-4-,10-7-/t23-,28+,31-/m1/s1. The molecule has 1 saturated heterocycles. The normalized spacial score (nSPS) is 19.4. The highest BCUT2D eigenvalue weighted by atomic mass is 19.4. The number of carbonyl (C=O) groups excluding carboxylic acids is 2. The van der Waals surface area contributed by atoms with E-state index in [1.165, 1.54) is 6.92 Å². The van der Waals surface area contributed by atoms with Gasteiger partial charge in [0.05, 0.1) is 36.0 Å². The van der Waals surface area contributed by atoms with Crippen molar-refractivity contribution in [3.8, 4) is 0 Å². The Morgan fingerprint density at radius 2 is 1.70 bits per heavy atom. The highest BCUT2D eigenvalue weighted by Crippen LogP contribution is 2.38. The zero-order valence-corrected chi connectivity index (χ0v) is 25.9. The van der Waals surface area contributed by atoms with Gasteiger partial charge in [-0.15, -0.1) is 0 Å². The largest absolute Gasteiger partial charge is 0.416 e. The lowest BCUT2D eigenvalue weighted by Crippen LogP contribution is -2.61. The lowest BCUT2D eigenvalue weighted by atomic mass is 9.81. The molecule has 0 bridgehead atoms. The fourth-order valence-corrected chi connectivity index (χ4v) is 4.78. The van der Waals surface area contributed by atoms with Crippen LogP contribution in [0.5, 0.6) is 0 Å². The van der Waals surface area contributed by atoms with Crippen LogP contribution >= 0.6 is 0 Å². The Kier molecular flexibility index (Phi) is 13.2. The number of urea groups is 1. The van der Waals surface area contributed by atoms with Crippen LogP contribution in [0.2, 0.25) is 0 Å². The maximum atomic E-state index is 13.4. The molecule has 1 aliphatic rings.